The number of anilines is 2. The lowest BCUT2D eigenvalue weighted by Gasteiger charge is -2.55. The van der Waals surface area contributed by atoms with E-state index in [0.29, 0.717) is 70.4 Å². The van der Waals surface area contributed by atoms with E-state index in [1.165, 1.54) is 0 Å². The third-order valence-electron chi connectivity index (χ3n) is 7.92. The summed E-state index contributed by atoms with van der Waals surface area (Å²) in [5.74, 6) is -2.36. The monoisotopic (exact) mass is 603 g/mol. The lowest BCUT2D eigenvalue weighted by Crippen LogP contribution is -2.66. The van der Waals surface area contributed by atoms with Crippen LogP contribution in [0, 0.1) is 5.41 Å². The number of ether oxygens (including phenoxy) is 1. The van der Waals surface area contributed by atoms with Crippen LogP contribution in [0.4, 0.5) is 29.2 Å². The average Bonchev–Trinajstić information content (AvgIpc) is 3.32. The van der Waals surface area contributed by atoms with Crippen molar-refractivity contribution in [1.82, 2.24) is 34.7 Å². The van der Waals surface area contributed by atoms with Gasteiger partial charge in [0.25, 0.3) is 5.91 Å². The SMILES string of the molecule is C=C(F)C(=O)NCC(=O)N1CCN(Cc2cc3c(N4CC5(COC5)C4)nc(-c4cnc(N)cc4C(F)(F)F)nn3c2)CC1. The van der Waals surface area contributed by atoms with Crippen molar-refractivity contribution in [2.75, 3.05) is 69.7 Å². The second kappa shape index (κ2) is 10.8. The van der Waals surface area contributed by atoms with Crippen molar-refractivity contribution in [1.29, 1.82) is 0 Å². The van der Waals surface area contributed by atoms with Gasteiger partial charge in [-0.25, -0.2) is 18.9 Å². The van der Waals surface area contributed by atoms with Crippen LogP contribution in [0.3, 0.4) is 0 Å². The Bertz CT molecular complexity index is 1590. The Morgan fingerprint density at radius 3 is 2.49 bits per heavy atom. The quantitative estimate of drug-likeness (QED) is 0.304. The maximum Gasteiger partial charge on any atom is 0.417 e. The highest BCUT2D eigenvalue weighted by Gasteiger charge is 2.50. The molecule has 0 aromatic carbocycles. The summed E-state index contributed by atoms with van der Waals surface area (Å²) in [4.78, 5) is 37.9. The third kappa shape index (κ3) is 5.71. The molecule has 12 nitrogen and oxygen atoms in total. The van der Waals surface area contributed by atoms with Crippen molar-refractivity contribution >= 4 is 29.0 Å². The van der Waals surface area contributed by atoms with Crippen LogP contribution in [-0.4, -0.2) is 100 Å². The number of nitrogen functional groups attached to an aromatic ring is 1. The number of hydrogen-bond donors (Lipinski definition) is 2. The number of aromatic nitrogens is 4. The molecule has 6 heterocycles. The Morgan fingerprint density at radius 1 is 1.14 bits per heavy atom. The van der Waals surface area contributed by atoms with E-state index in [9.17, 15) is 27.2 Å². The molecule has 0 unspecified atom stereocenters. The molecule has 1 spiro atoms. The molecule has 0 bridgehead atoms. The third-order valence-corrected chi connectivity index (χ3v) is 7.92. The highest BCUT2D eigenvalue weighted by atomic mass is 19.4. The molecule has 0 aliphatic carbocycles. The van der Waals surface area contributed by atoms with Crippen molar-refractivity contribution < 1.29 is 31.9 Å². The predicted molar refractivity (Wildman–Crippen MR) is 146 cm³/mol. The van der Waals surface area contributed by atoms with E-state index >= 15 is 0 Å². The lowest BCUT2D eigenvalue weighted by molar-refractivity contribution is -0.137. The first-order chi connectivity index (χ1) is 20.4. The van der Waals surface area contributed by atoms with E-state index in [-0.39, 0.29) is 35.1 Å². The average molecular weight is 604 g/mol. The number of nitrogens with two attached hydrogens (primary N) is 1. The van der Waals surface area contributed by atoms with Crippen molar-refractivity contribution in [3.63, 3.8) is 0 Å². The maximum atomic E-state index is 13.9. The number of rotatable bonds is 7. The van der Waals surface area contributed by atoms with Crippen LogP contribution < -0.4 is 16.0 Å². The number of alkyl halides is 3. The van der Waals surface area contributed by atoms with Gasteiger partial charge in [-0.05, 0) is 17.7 Å². The number of nitrogens with one attached hydrogen (secondary N) is 1. The van der Waals surface area contributed by atoms with Crippen LogP contribution in [-0.2, 0) is 27.0 Å². The first-order valence-electron chi connectivity index (χ1n) is 13.6. The largest absolute Gasteiger partial charge is 0.417 e. The number of nitrogens with zero attached hydrogens (tertiary/aromatic N) is 7. The Balaban J connectivity index is 1.22. The number of halogens is 4. The highest BCUT2D eigenvalue weighted by molar-refractivity contribution is 5.93. The molecule has 3 aliphatic heterocycles. The van der Waals surface area contributed by atoms with Crippen LogP contribution in [0.5, 0.6) is 0 Å². The molecule has 6 rings (SSSR count). The van der Waals surface area contributed by atoms with Crippen LogP contribution >= 0.6 is 0 Å². The fourth-order valence-electron chi connectivity index (χ4n) is 5.62. The summed E-state index contributed by atoms with van der Waals surface area (Å²) in [7, 11) is 0. The number of piperazine rings is 1. The molecule has 228 valence electrons. The summed E-state index contributed by atoms with van der Waals surface area (Å²) in [5.41, 5.74) is 5.90. The maximum absolute atomic E-state index is 13.9. The normalized spacial score (nSPS) is 18.4. The van der Waals surface area contributed by atoms with Crippen LogP contribution in [0.15, 0.2) is 36.9 Å². The number of hydrogen-bond acceptors (Lipinski definition) is 9. The number of amides is 2. The topological polar surface area (TPSA) is 134 Å². The van der Waals surface area contributed by atoms with Gasteiger partial charge in [0.2, 0.25) is 5.91 Å². The van der Waals surface area contributed by atoms with Gasteiger partial charge >= 0.3 is 6.18 Å². The molecule has 3 aromatic heterocycles. The van der Waals surface area contributed by atoms with Gasteiger partial charge in [-0.3, -0.25) is 14.5 Å². The van der Waals surface area contributed by atoms with E-state index in [1.807, 2.05) is 11.0 Å². The van der Waals surface area contributed by atoms with Gasteiger partial charge in [0, 0.05) is 58.2 Å². The van der Waals surface area contributed by atoms with E-state index in [0.717, 1.165) is 17.8 Å². The number of pyridine rings is 1. The summed E-state index contributed by atoms with van der Waals surface area (Å²) in [6.07, 6.45) is -1.88. The molecule has 3 N–H and O–H groups in total. The molecule has 2 amide bonds. The van der Waals surface area contributed by atoms with E-state index in [4.69, 9.17) is 10.5 Å². The first kappa shape index (κ1) is 28.8. The molecule has 3 fully saturated rings. The summed E-state index contributed by atoms with van der Waals surface area (Å²) in [6.45, 7) is 7.62. The summed E-state index contributed by atoms with van der Waals surface area (Å²) < 4.78 is 61.6. The highest BCUT2D eigenvalue weighted by Crippen LogP contribution is 2.42. The first-order valence-corrected chi connectivity index (χ1v) is 13.6. The minimum absolute atomic E-state index is 0.0389. The van der Waals surface area contributed by atoms with Crippen molar-refractivity contribution in [2.24, 2.45) is 5.41 Å². The molecule has 3 aromatic rings. The fourth-order valence-corrected chi connectivity index (χ4v) is 5.62. The summed E-state index contributed by atoms with van der Waals surface area (Å²) >= 11 is 0. The minimum atomic E-state index is -4.69. The zero-order valence-corrected chi connectivity index (χ0v) is 23.0. The molecule has 16 heteroatoms. The van der Waals surface area contributed by atoms with Gasteiger partial charge < -0.3 is 25.6 Å². The van der Waals surface area contributed by atoms with Crippen LogP contribution in [0.2, 0.25) is 0 Å². The molecular formula is C27H29F4N9O3. The summed E-state index contributed by atoms with van der Waals surface area (Å²) in [6, 6.07) is 2.70. The summed E-state index contributed by atoms with van der Waals surface area (Å²) in [5, 5.41) is 6.65. The zero-order valence-electron chi connectivity index (χ0n) is 23.0. The van der Waals surface area contributed by atoms with Crippen LogP contribution in [0.1, 0.15) is 11.1 Å². The van der Waals surface area contributed by atoms with E-state index in [1.54, 1.807) is 15.6 Å². The second-order valence-electron chi connectivity index (χ2n) is 11.2. The van der Waals surface area contributed by atoms with Gasteiger partial charge in [0.1, 0.15) is 11.3 Å². The van der Waals surface area contributed by atoms with Gasteiger partial charge in [0.15, 0.2) is 17.5 Å². The van der Waals surface area contributed by atoms with E-state index < -0.39 is 23.5 Å². The lowest BCUT2D eigenvalue weighted by atomic mass is 9.78. The Kier molecular flexibility index (Phi) is 7.20. The molecular weight excluding hydrogens is 574 g/mol. The Morgan fingerprint density at radius 2 is 1.86 bits per heavy atom. The number of carbonyl (C=O) groups is 2. The molecule has 0 radical (unpaired) electrons. The molecule has 3 aliphatic rings. The fraction of sp³-hybridized carbons (Fsp3) is 0.444. The van der Waals surface area contributed by atoms with Crippen molar-refractivity contribution in [3.8, 4) is 11.4 Å². The number of carbonyl (C=O) groups excluding carboxylic acids is 2. The van der Waals surface area contributed by atoms with Gasteiger partial charge in [-0.15, -0.1) is 5.10 Å². The molecule has 43 heavy (non-hydrogen) atoms. The molecule has 0 saturated carbocycles. The number of fused-ring (bicyclic) bond motifs is 1. The van der Waals surface area contributed by atoms with Gasteiger partial charge in [0.05, 0.1) is 36.3 Å². The Labute approximate surface area is 243 Å². The Hall–Kier alpha value is -4.31. The minimum Gasteiger partial charge on any atom is -0.384 e. The van der Waals surface area contributed by atoms with Crippen molar-refractivity contribution in [3.05, 3.63) is 48.1 Å². The van der Waals surface area contributed by atoms with E-state index in [2.05, 4.69) is 31.9 Å². The predicted octanol–water partition coefficient (Wildman–Crippen LogP) is 1.47. The zero-order chi connectivity index (χ0) is 30.5. The van der Waals surface area contributed by atoms with Crippen LogP contribution in [0.25, 0.3) is 16.9 Å². The van der Waals surface area contributed by atoms with Crippen molar-refractivity contribution in [2.45, 2.75) is 12.7 Å². The smallest absolute Gasteiger partial charge is 0.384 e. The molecule has 0 atom stereocenters. The van der Waals surface area contributed by atoms with Gasteiger partial charge in [-0.2, -0.15) is 13.2 Å². The standard InChI is InChI=1S/C27H29F4N9O3/c1-16(28)25(42)34-9-22(41)38-4-2-37(3-5-38)10-17-6-20-24(39-12-26(13-39)14-43-15-26)35-23(36-40(20)11-17)18-8-33-21(32)7-19(18)27(29,30)31/h6-8,11H,1-5,9-10,12-15H2,(H2,32,33)(H,34,42). The van der Waals surface area contributed by atoms with Gasteiger partial charge in [-0.1, -0.05) is 6.58 Å². The second-order valence-corrected chi connectivity index (χ2v) is 11.2. The molecule has 3 saturated heterocycles.